The number of carboxylic acid groups (broad SMARTS) is 1. The fraction of sp³-hybridized carbons (Fsp3) is 0.333. The molecule has 8 nitrogen and oxygen atoms in total. The van der Waals surface area contributed by atoms with E-state index in [2.05, 4.69) is 20.9 Å². The van der Waals surface area contributed by atoms with Crippen LogP contribution in [-0.4, -0.2) is 34.7 Å². The highest BCUT2D eigenvalue weighted by atomic mass is 32.1. The lowest BCUT2D eigenvalue weighted by Crippen LogP contribution is -2.52. The van der Waals surface area contributed by atoms with Gasteiger partial charge in [0.2, 0.25) is 0 Å². The maximum absolute atomic E-state index is 11.9. The minimum atomic E-state index is -1.42. The lowest BCUT2D eigenvalue weighted by molar-refractivity contribution is -0.124. The molecule has 96 valence electrons. The van der Waals surface area contributed by atoms with Crippen LogP contribution in [0.2, 0.25) is 0 Å². The predicted molar refractivity (Wildman–Crippen MR) is 61.2 cm³/mol. The highest BCUT2D eigenvalue weighted by molar-refractivity contribution is 7.10. The van der Waals surface area contributed by atoms with Crippen molar-refractivity contribution in [3.63, 3.8) is 0 Å². The first-order valence-corrected chi connectivity index (χ1v) is 5.84. The molecule has 0 bridgehead atoms. The number of hydrogen-bond acceptors (Lipinski definition) is 5. The van der Waals surface area contributed by atoms with Crippen LogP contribution in [0.25, 0.3) is 0 Å². The summed E-state index contributed by atoms with van der Waals surface area (Å²) in [6, 6.07) is -0.653. The first-order valence-electron chi connectivity index (χ1n) is 4.96. The lowest BCUT2D eigenvalue weighted by atomic mass is 9.96. The number of imide groups is 1. The second kappa shape index (κ2) is 4.26. The third kappa shape index (κ3) is 1.88. The standard InChI is InChI=1S/C9H10N4O4S/c1-4-5(18-3-11-4)9(2-10-8(16)17)6(14)12-7(15)13-9/h3,10H,2H2,1H3,(H,16,17)(H2,12,13,14,15). The van der Waals surface area contributed by atoms with Crippen molar-refractivity contribution < 1.29 is 19.5 Å². The number of nitrogens with zero attached hydrogens (tertiary/aromatic N) is 1. The van der Waals surface area contributed by atoms with Gasteiger partial charge in [-0.15, -0.1) is 11.3 Å². The number of thiazole rings is 1. The summed E-state index contributed by atoms with van der Waals surface area (Å²) < 4.78 is 0. The van der Waals surface area contributed by atoms with Gasteiger partial charge < -0.3 is 15.7 Å². The van der Waals surface area contributed by atoms with E-state index in [1.54, 1.807) is 6.92 Å². The molecule has 1 unspecified atom stereocenters. The summed E-state index contributed by atoms with van der Waals surface area (Å²) in [5, 5.41) is 15.3. The molecule has 0 aromatic carbocycles. The Bertz CT molecular complexity index is 528. The monoisotopic (exact) mass is 270 g/mol. The van der Waals surface area contributed by atoms with Gasteiger partial charge in [0, 0.05) is 0 Å². The van der Waals surface area contributed by atoms with Crippen LogP contribution >= 0.6 is 11.3 Å². The number of amides is 4. The Labute approximate surface area is 105 Å². The Hall–Kier alpha value is -2.16. The average molecular weight is 270 g/mol. The van der Waals surface area contributed by atoms with Crippen molar-refractivity contribution in [2.45, 2.75) is 12.5 Å². The van der Waals surface area contributed by atoms with Crippen molar-refractivity contribution in [2.75, 3.05) is 6.54 Å². The number of aromatic nitrogens is 1. The number of aryl methyl sites for hydroxylation is 1. The molecule has 0 spiro atoms. The summed E-state index contributed by atoms with van der Waals surface area (Å²) in [6.07, 6.45) is -1.27. The Morgan fingerprint density at radius 3 is 2.78 bits per heavy atom. The molecule has 1 aromatic heterocycles. The molecule has 18 heavy (non-hydrogen) atoms. The second-order valence-corrected chi connectivity index (χ2v) is 4.59. The Kier molecular flexibility index (Phi) is 2.91. The summed E-state index contributed by atoms with van der Waals surface area (Å²) in [4.78, 5) is 38.3. The molecule has 1 saturated heterocycles. The van der Waals surface area contributed by atoms with Crippen LogP contribution in [0, 0.1) is 6.92 Å². The molecule has 0 radical (unpaired) electrons. The van der Waals surface area contributed by atoms with Crippen LogP contribution in [0.5, 0.6) is 0 Å². The molecule has 9 heteroatoms. The van der Waals surface area contributed by atoms with Gasteiger partial charge in [-0.3, -0.25) is 10.1 Å². The van der Waals surface area contributed by atoms with E-state index in [9.17, 15) is 14.4 Å². The molecule has 1 aromatic rings. The van der Waals surface area contributed by atoms with E-state index >= 15 is 0 Å². The van der Waals surface area contributed by atoms with Crippen LogP contribution in [0.1, 0.15) is 10.6 Å². The number of urea groups is 1. The molecule has 1 aliphatic heterocycles. The first-order chi connectivity index (χ1) is 8.45. The van der Waals surface area contributed by atoms with Gasteiger partial charge in [0.25, 0.3) is 5.91 Å². The number of rotatable bonds is 3. The third-order valence-corrected chi connectivity index (χ3v) is 3.67. The third-order valence-electron chi connectivity index (χ3n) is 2.58. The van der Waals surface area contributed by atoms with E-state index in [0.29, 0.717) is 10.6 Å². The largest absolute Gasteiger partial charge is 0.465 e. The summed E-state index contributed by atoms with van der Waals surface area (Å²) in [7, 11) is 0. The average Bonchev–Trinajstić information content (AvgIpc) is 2.81. The SMILES string of the molecule is Cc1ncsc1C1(CNC(=O)O)NC(=O)NC1=O. The van der Waals surface area contributed by atoms with E-state index in [0.717, 1.165) is 0 Å². The molecule has 1 fully saturated rings. The van der Waals surface area contributed by atoms with Crippen LogP contribution in [-0.2, 0) is 10.3 Å². The molecule has 2 heterocycles. The number of carbonyl (C=O) groups is 3. The Balaban J connectivity index is 2.40. The van der Waals surface area contributed by atoms with Gasteiger partial charge in [-0.2, -0.15) is 0 Å². The fourth-order valence-electron chi connectivity index (χ4n) is 1.78. The van der Waals surface area contributed by atoms with Crippen LogP contribution in [0.4, 0.5) is 9.59 Å². The zero-order valence-corrected chi connectivity index (χ0v) is 10.1. The van der Waals surface area contributed by atoms with E-state index in [1.807, 2.05) is 0 Å². The van der Waals surface area contributed by atoms with Gasteiger partial charge in [-0.1, -0.05) is 0 Å². The Morgan fingerprint density at radius 2 is 2.33 bits per heavy atom. The molecule has 4 amide bonds. The second-order valence-electron chi connectivity index (χ2n) is 3.74. The quantitative estimate of drug-likeness (QED) is 0.565. The van der Waals surface area contributed by atoms with Gasteiger partial charge >= 0.3 is 12.1 Å². The van der Waals surface area contributed by atoms with Crippen molar-refractivity contribution in [3.8, 4) is 0 Å². The topological polar surface area (TPSA) is 120 Å². The Morgan fingerprint density at radius 1 is 1.61 bits per heavy atom. The van der Waals surface area contributed by atoms with Gasteiger partial charge in [0.05, 0.1) is 22.6 Å². The molecular formula is C9H10N4O4S. The fourth-order valence-corrected chi connectivity index (χ4v) is 2.73. The minimum absolute atomic E-state index is 0.247. The van der Waals surface area contributed by atoms with Crippen molar-refractivity contribution in [1.29, 1.82) is 0 Å². The molecule has 2 rings (SSSR count). The number of carbonyl (C=O) groups excluding carboxylic acids is 2. The summed E-state index contributed by atoms with van der Waals surface area (Å²) in [6.45, 7) is 1.44. The molecule has 0 aliphatic carbocycles. The van der Waals surface area contributed by atoms with Crippen LogP contribution in [0.3, 0.4) is 0 Å². The molecule has 0 saturated carbocycles. The summed E-state index contributed by atoms with van der Waals surface area (Å²) in [5.74, 6) is -0.589. The predicted octanol–water partition coefficient (Wildman–Crippen LogP) is -0.246. The molecular weight excluding hydrogens is 260 g/mol. The molecule has 1 aliphatic rings. The smallest absolute Gasteiger partial charge is 0.404 e. The van der Waals surface area contributed by atoms with Gasteiger partial charge in [0.1, 0.15) is 0 Å². The van der Waals surface area contributed by atoms with E-state index in [1.165, 1.54) is 16.8 Å². The number of hydrogen-bond donors (Lipinski definition) is 4. The zero-order valence-electron chi connectivity index (χ0n) is 9.31. The zero-order chi connectivity index (χ0) is 13.3. The number of nitrogens with one attached hydrogen (secondary N) is 3. The molecule has 1 atom stereocenters. The van der Waals surface area contributed by atoms with E-state index < -0.39 is 23.6 Å². The van der Waals surface area contributed by atoms with E-state index in [4.69, 9.17) is 5.11 Å². The van der Waals surface area contributed by atoms with Gasteiger partial charge in [-0.05, 0) is 6.92 Å². The molecule has 4 N–H and O–H groups in total. The van der Waals surface area contributed by atoms with Crippen molar-refractivity contribution in [1.82, 2.24) is 20.9 Å². The highest BCUT2D eigenvalue weighted by Crippen LogP contribution is 2.30. The summed E-state index contributed by atoms with van der Waals surface area (Å²) >= 11 is 1.18. The first kappa shape index (κ1) is 12.3. The van der Waals surface area contributed by atoms with Crippen LogP contribution in [0.15, 0.2) is 5.51 Å². The van der Waals surface area contributed by atoms with Crippen molar-refractivity contribution >= 4 is 29.4 Å². The summed E-state index contributed by atoms with van der Waals surface area (Å²) in [5.41, 5.74) is 0.690. The van der Waals surface area contributed by atoms with Gasteiger partial charge in [-0.25, -0.2) is 14.6 Å². The normalized spacial score (nSPS) is 22.5. The highest BCUT2D eigenvalue weighted by Gasteiger charge is 2.50. The lowest BCUT2D eigenvalue weighted by Gasteiger charge is -2.24. The van der Waals surface area contributed by atoms with E-state index in [-0.39, 0.29) is 6.54 Å². The maximum Gasteiger partial charge on any atom is 0.404 e. The maximum atomic E-state index is 11.9. The van der Waals surface area contributed by atoms with Gasteiger partial charge in [0.15, 0.2) is 5.54 Å². The van der Waals surface area contributed by atoms with Crippen molar-refractivity contribution in [2.24, 2.45) is 0 Å². The van der Waals surface area contributed by atoms with Crippen molar-refractivity contribution in [3.05, 3.63) is 16.1 Å². The minimum Gasteiger partial charge on any atom is -0.465 e. The van der Waals surface area contributed by atoms with Crippen LogP contribution < -0.4 is 16.0 Å².